The van der Waals surface area contributed by atoms with E-state index in [2.05, 4.69) is 15.1 Å². The van der Waals surface area contributed by atoms with Crippen LogP contribution in [0.5, 0.6) is 0 Å². The number of aromatic nitrogens is 4. The van der Waals surface area contributed by atoms with Crippen LogP contribution in [0.15, 0.2) is 11.1 Å². The Morgan fingerprint density at radius 3 is 2.86 bits per heavy atom. The first-order valence-electron chi connectivity index (χ1n) is 4.53. The van der Waals surface area contributed by atoms with Gasteiger partial charge in [0.15, 0.2) is 5.52 Å². The van der Waals surface area contributed by atoms with Crippen molar-refractivity contribution in [3.05, 3.63) is 22.4 Å². The molecule has 0 amide bonds. The second-order valence-electron chi connectivity index (χ2n) is 3.55. The van der Waals surface area contributed by atoms with E-state index in [1.807, 2.05) is 20.8 Å². The van der Waals surface area contributed by atoms with Gasteiger partial charge in [-0.05, 0) is 20.8 Å². The number of aromatic amines is 1. The summed E-state index contributed by atoms with van der Waals surface area (Å²) in [7, 11) is 0. The van der Waals surface area contributed by atoms with Crippen molar-refractivity contribution in [3.8, 4) is 0 Å². The van der Waals surface area contributed by atoms with Crippen molar-refractivity contribution in [1.29, 1.82) is 0 Å². The Balaban J connectivity index is 2.93. The lowest BCUT2D eigenvalue weighted by Crippen LogP contribution is -2.13. The third-order valence-electron chi connectivity index (χ3n) is 2.15. The zero-order valence-electron chi connectivity index (χ0n) is 8.40. The predicted molar refractivity (Wildman–Crippen MR) is 53.3 cm³/mol. The van der Waals surface area contributed by atoms with Crippen LogP contribution >= 0.6 is 0 Å². The number of H-pyrrole nitrogens is 1. The molecule has 2 aromatic rings. The van der Waals surface area contributed by atoms with Crippen LogP contribution in [0.3, 0.4) is 0 Å². The van der Waals surface area contributed by atoms with Crippen molar-refractivity contribution >= 4 is 11.0 Å². The normalized spacial score (nSPS) is 11.4. The number of nitrogens with one attached hydrogen (secondary N) is 1. The Hall–Kier alpha value is -1.65. The maximum atomic E-state index is 11.6. The van der Waals surface area contributed by atoms with Crippen LogP contribution < -0.4 is 5.56 Å². The minimum atomic E-state index is -0.135. The first-order valence-corrected chi connectivity index (χ1v) is 4.53. The van der Waals surface area contributed by atoms with E-state index in [9.17, 15) is 4.79 Å². The van der Waals surface area contributed by atoms with Crippen molar-refractivity contribution in [2.45, 2.75) is 26.8 Å². The fourth-order valence-corrected chi connectivity index (χ4v) is 1.50. The second-order valence-corrected chi connectivity index (χ2v) is 3.55. The molecule has 0 radical (unpaired) electrons. The van der Waals surface area contributed by atoms with E-state index in [0.717, 1.165) is 5.69 Å². The molecule has 74 valence electrons. The number of aryl methyl sites for hydroxylation is 1. The van der Waals surface area contributed by atoms with Gasteiger partial charge in [-0.15, -0.1) is 0 Å². The second kappa shape index (κ2) is 2.94. The molecule has 0 atom stereocenters. The van der Waals surface area contributed by atoms with Crippen molar-refractivity contribution in [3.63, 3.8) is 0 Å². The zero-order valence-corrected chi connectivity index (χ0v) is 8.40. The van der Waals surface area contributed by atoms with Crippen LogP contribution in [0.4, 0.5) is 0 Å². The average molecular weight is 192 g/mol. The van der Waals surface area contributed by atoms with Crippen molar-refractivity contribution in [1.82, 2.24) is 19.7 Å². The Labute approximate surface area is 80.8 Å². The highest BCUT2D eigenvalue weighted by atomic mass is 16.1. The minimum absolute atomic E-state index is 0.135. The predicted octanol–water partition coefficient (Wildman–Crippen LogP) is 1.01. The summed E-state index contributed by atoms with van der Waals surface area (Å²) in [5.74, 6) is 0. The van der Waals surface area contributed by atoms with Crippen molar-refractivity contribution in [2.75, 3.05) is 0 Å². The fraction of sp³-hybridized carbons (Fsp3) is 0.444. The lowest BCUT2D eigenvalue weighted by molar-refractivity contribution is 0.545. The molecule has 14 heavy (non-hydrogen) atoms. The molecule has 0 saturated heterocycles. The minimum Gasteiger partial charge on any atom is -0.311 e. The Kier molecular flexibility index (Phi) is 1.87. The molecule has 0 unspecified atom stereocenters. The Morgan fingerprint density at radius 2 is 2.21 bits per heavy atom. The summed E-state index contributed by atoms with van der Waals surface area (Å²) in [5, 5.41) is 4.28. The fourth-order valence-electron chi connectivity index (χ4n) is 1.50. The van der Waals surface area contributed by atoms with Crippen LogP contribution in [0.2, 0.25) is 0 Å². The molecule has 1 N–H and O–H groups in total. The highest BCUT2D eigenvalue weighted by Crippen LogP contribution is 2.14. The smallest absolute Gasteiger partial charge is 0.276 e. The molecule has 0 aliphatic carbocycles. The summed E-state index contributed by atoms with van der Waals surface area (Å²) >= 11 is 0. The number of hydrogen-bond acceptors (Lipinski definition) is 3. The van der Waals surface area contributed by atoms with Crippen LogP contribution in [0.1, 0.15) is 25.6 Å². The molecule has 0 aliphatic heterocycles. The van der Waals surface area contributed by atoms with Gasteiger partial charge in [-0.3, -0.25) is 9.48 Å². The number of fused-ring (bicyclic) bond motifs is 1. The van der Waals surface area contributed by atoms with E-state index in [1.54, 1.807) is 4.68 Å². The zero-order chi connectivity index (χ0) is 10.3. The molecule has 2 heterocycles. The third-order valence-corrected chi connectivity index (χ3v) is 2.15. The highest BCUT2D eigenvalue weighted by molar-refractivity contribution is 5.76. The monoisotopic (exact) mass is 192 g/mol. The van der Waals surface area contributed by atoms with Crippen LogP contribution in [0, 0.1) is 6.92 Å². The molecule has 0 aliphatic rings. The Morgan fingerprint density at radius 1 is 1.50 bits per heavy atom. The highest BCUT2D eigenvalue weighted by Gasteiger charge is 2.13. The van der Waals surface area contributed by atoms with E-state index in [0.29, 0.717) is 11.0 Å². The summed E-state index contributed by atoms with van der Waals surface area (Å²) in [6.07, 6.45) is 1.41. The first-order chi connectivity index (χ1) is 6.61. The molecule has 2 aromatic heterocycles. The summed E-state index contributed by atoms with van der Waals surface area (Å²) < 4.78 is 1.70. The van der Waals surface area contributed by atoms with Gasteiger partial charge in [0.2, 0.25) is 0 Å². The van der Waals surface area contributed by atoms with Gasteiger partial charge in [0, 0.05) is 6.04 Å². The van der Waals surface area contributed by atoms with Crippen molar-refractivity contribution in [2.24, 2.45) is 0 Å². The maximum Gasteiger partial charge on any atom is 0.276 e. The van der Waals surface area contributed by atoms with Crippen molar-refractivity contribution < 1.29 is 0 Å². The van der Waals surface area contributed by atoms with Gasteiger partial charge in [0.05, 0.1) is 12.0 Å². The molecule has 0 aromatic carbocycles. The summed E-state index contributed by atoms with van der Waals surface area (Å²) in [4.78, 5) is 18.2. The third kappa shape index (κ3) is 1.13. The number of nitrogens with zero attached hydrogens (tertiary/aromatic N) is 3. The van der Waals surface area contributed by atoms with E-state index in [4.69, 9.17) is 0 Å². The van der Waals surface area contributed by atoms with Gasteiger partial charge in [-0.2, -0.15) is 5.10 Å². The van der Waals surface area contributed by atoms with E-state index < -0.39 is 0 Å². The standard InChI is InChI=1S/C9H12N4O/c1-5(2)13-8-7(6(3)12-13)10-4-11-9(8)14/h4-5H,1-3H3,(H,10,11,14). The number of rotatable bonds is 1. The molecule has 5 nitrogen and oxygen atoms in total. The first kappa shape index (κ1) is 8.93. The molecule has 0 fully saturated rings. The van der Waals surface area contributed by atoms with Crippen LogP contribution in [-0.4, -0.2) is 19.7 Å². The van der Waals surface area contributed by atoms with Gasteiger partial charge in [0.25, 0.3) is 5.56 Å². The molecular formula is C9H12N4O. The van der Waals surface area contributed by atoms with E-state index in [1.165, 1.54) is 6.33 Å². The number of hydrogen-bond donors (Lipinski definition) is 1. The maximum absolute atomic E-state index is 11.6. The van der Waals surface area contributed by atoms with Gasteiger partial charge in [-0.1, -0.05) is 0 Å². The summed E-state index contributed by atoms with van der Waals surface area (Å²) in [5.41, 5.74) is 1.89. The van der Waals surface area contributed by atoms with E-state index in [-0.39, 0.29) is 11.6 Å². The van der Waals surface area contributed by atoms with Crippen LogP contribution in [-0.2, 0) is 0 Å². The van der Waals surface area contributed by atoms with Gasteiger partial charge in [0.1, 0.15) is 5.52 Å². The van der Waals surface area contributed by atoms with Crippen LogP contribution in [0.25, 0.3) is 11.0 Å². The topological polar surface area (TPSA) is 63.6 Å². The molecule has 2 rings (SSSR count). The largest absolute Gasteiger partial charge is 0.311 e. The molecule has 5 heteroatoms. The van der Waals surface area contributed by atoms with Gasteiger partial charge in [-0.25, -0.2) is 4.98 Å². The lowest BCUT2D eigenvalue weighted by Gasteiger charge is -2.04. The quantitative estimate of drug-likeness (QED) is 0.733. The van der Waals surface area contributed by atoms with Gasteiger partial charge < -0.3 is 4.98 Å². The van der Waals surface area contributed by atoms with E-state index >= 15 is 0 Å². The Bertz CT molecular complexity index is 523. The summed E-state index contributed by atoms with van der Waals surface area (Å²) in [6, 6.07) is 0.163. The molecular weight excluding hydrogens is 180 g/mol. The summed E-state index contributed by atoms with van der Waals surface area (Å²) in [6.45, 7) is 5.82. The molecule has 0 spiro atoms. The molecule has 0 bridgehead atoms. The molecule has 0 saturated carbocycles. The lowest BCUT2D eigenvalue weighted by atomic mass is 10.3. The van der Waals surface area contributed by atoms with Gasteiger partial charge >= 0.3 is 0 Å². The SMILES string of the molecule is Cc1nn(C(C)C)c2c(=O)[nH]cnc12. The average Bonchev–Trinajstić information content (AvgIpc) is 2.46.